The molecule has 3 rings (SSSR count). The summed E-state index contributed by atoms with van der Waals surface area (Å²) in [6.07, 6.45) is 5.08. The van der Waals surface area contributed by atoms with E-state index < -0.39 is 18.0 Å². The summed E-state index contributed by atoms with van der Waals surface area (Å²) in [6, 6.07) is -0.234. The molecule has 9 heteroatoms. The highest BCUT2D eigenvalue weighted by atomic mass is 32.2. The van der Waals surface area contributed by atoms with Crippen molar-refractivity contribution in [3.05, 3.63) is 32.1 Å². The first-order valence-electron chi connectivity index (χ1n) is 10.7. The number of aliphatic hydroxyl groups excluding tert-OH is 2. The molecule has 0 spiro atoms. The van der Waals surface area contributed by atoms with Gasteiger partial charge in [0, 0.05) is 10.8 Å². The molecule has 0 unspecified atom stereocenters. The molecular weight excluding hydrogens is 436 g/mol. The zero-order valence-electron chi connectivity index (χ0n) is 18.1. The molecule has 3 heterocycles. The summed E-state index contributed by atoms with van der Waals surface area (Å²) in [5, 5.41) is 21.3. The minimum absolute atomic E-state index is 0.0895. The fourth-order valence-electron chi connectivity index (χ4n) is 4.13. The molecule has 1 saturated heterocycles. The van der Waals surface area contributed by atoms with Gasteiger partial charge in [0.15, 0.2) is 0 Å². The molecule has 2 N–H and O–H groups in total. The number of aromatic nitrogens is 1. The fraction of sp³-hybridized carbons (Fsp3) is 0.591. The number of aliphatic hydroxyl groups is 2. The van der Waals surface area contributed by atoms with Crippen LogP contribution in [0.15, 0.2) is 21.5 Å². The zero-order valence-corrected chi connectivity index (χ0v) is 19.7. The summed E-state index contributed by atoms with van der Waals surface area (Å²) in [7, 11) is 0. The van der Waals surface area contributed by atoms with Gasteiger partial charge < -0.3 is 19.8 Å². The average Bonchev–Trinajstić information content (AvgIpc) is 3.28. The number of β-lactam (4-membered cyclic amide) rings is 1. The van der Waals surface area contributed by atoms with Gasteiger partial charge in [-0.1, -0.05) is 44.9 Å². The molecule has 0 radical (unpaired) electrons. The molecule has 170 valence electrons. The van der Waals surface area contributed by atoms with Gasteiger partial charge >= 0.3 is 5.97 Å². The lowest BCUT2D eigenvalue weighted by Gasteiger charge is -2.46. The standard InChI is InChI=1S/C22H30N2O5S2/c1-4-5-6-7-9-29-22(28)19-20(30-10-8-16-15(11-25)23-12-31-16)13(2)18-17(14(3)26)21(27)24(18)19/h8,10,12-14,17-18,25-26H,4-7,9,11H2,1-3H3/t13-,14-,17-,18-/m1/s1. The molecule has 0 bridgehead atoms. The Bertz CT molecular complexity index is 864. The van der Waals surface area contributed by atoms with E-state index in [1.807, 2.05) is 18.4 Å². The van der Waals surface area contributed by atoms with E-state index in [-0.39, 0.29) is 24.5 Å². The van der Waals surface area contributed by atoms with Crippen molar-refractivity contribution in [2.24, 2.45) is 11.8 Å². The molecule has 0 aromatic carbocycles. The van der Waals surface area contributed by atoms with Gasteiger partial charge in [-0.05, 0) is 24.8 Å². The lowest BCUT2D eigenvalue weighted by molar-refractivity contribution is -0.164. The number of carbonyl (C=O) groups excluding carboxylic acids is 2. The van der Waals surface area contributed by atoms with Crippen LogP contribution in [-0.4, -0.2) is 50.7 Å². The Labute approximate surface area is 191 Å². The van der Waals surface area contributed by atoms with Crippen molar-refractivity contribution >= 4 is 41.1 Å². The fourth-order valence-corrected chi connectivity index (χ4v) is 5.91. The minimum Gasteiger partial charge on any atom is -0.461 e. The number of ether oxygens (including phenoxy) is 1. The van der Waals surface area contributed by atoms with Gasteiger partial charge in [0.05, 0.1) is 47.4 Å². The number of rotatable bonds is 11. The number of amides is 1. The molecule has 2 aliphatic rings. The van der Waals surface area contributed by atoms with Crippen LogP contribution >= 0.6 is 23.1 Å². The van der Waals surface area contributed by atoms with Gasteiger partial charge in [-0.15, -0.1) is 11.3 Å². The van der Waals surface area contributed by atoms with Crippen molar-refractivity contribution in [1.82, 2.24) is 9.88 Å². The van der Waals surface area contributed by atoms with Crippen LogP contribution < -0.4 is 0 Å². The topological polar surface area (TPSA) is 100.0 Å². The van der Waals surface area contributed by atoms with E-state index in [0.717, 1.165) is 35.5 Å². The van der Waals surface area contributed by atoms with Gasteiger partial charge in [-0.3, -0.25) is 4.79 Å². The highest BCUT2D eigenvalue weighted by Gasteiger charge is 2.60. The van der Waals surface area contributed by atoms with E-state index >= 15 is 0 Å². The Morgan fingerprint density at radius 3 is 2.87 bits per heavy atom. The summed E-state index contributed by atoms with van der Waals surface area (Å²) in [5.41, 5.74) is 2.58. The van der Waals surface area contributed by atoms with Crippen LogP contribution in [0.25, 0.3) is 6.08 Å². The number of thiazole rings is 1. The normalized spacial score (nSPS) is 24.0. The smallest absolute Gasteiger partial charge is 0.355 e. The Kier molecular flexibility index (Phi) is 8.32. The second-order valence-electron chi connectivity index (χ2n) is 7.91. The number of thioether (sulfide) groups is 1. The van der Waals surface area contributed by atoms with Crippen molar-refractivity contribution in [3.63, 3.8) is 0 Å². The number of nitrogens with zero attached hydrogens (tertiary/aromatic N) is 2. The van der Waals surface area contributed by atoms with E-state index in [9.17, 15) is 19.8 Å². The van der Waals surface area contributed by atoms with E-state index in [4.69, 9.17) is 4.74 Å². The van der Waals surface area contributed by atoms with Gasteiger partial charge in [0.1, 0.15) is 5.70 Å². The maximum atomic E-state index is 12.9. The van der Waals surface area contributed by atoms with Crippen molar-refractivity contribution in [1.29, 1.82) is 0 Å². The SMILES string of the molecule is CCCCCCOC(=O)C1=C(SC=Cc2scnc2CO)[C@H](C)[C@@H]2[C@@H]([C@@H](C)O)C(=O)N12. The molecule has 0 aliphatic carbocycles. The molecule has 0 saturated carbocycles. The Balaban J connectivity index is 1.78. The van der Waals surface area contributed by atoms with Gasteiger partial charge in [-0.2, -0.15) is 0 Å². The van der Waals surface area contributed by atoms with E-state index in [1.54, 1.807) is 12.4 Å². The van der Waals surface area contributed by atoms with Crippen LogP contribution in [0.3, 0.4) is 0 Å². The maximum absolute atomic E-state index is 12.9. The molecule has 1 amide bonds. The van der Waals surface area contributed by atoms with Crippen molar-refractivity contribution < 1.29 is 24.5 Å². The molecule has 2 aliphatic heterocycles. The number of hydrogen-bond acceptors (Lipinski definition) is 8. The summed E-state index contributed by atoms with van der Waals surface area (Å²) >= 11 is 2.80. The third-order valence-electron chi connectivity index (χ3n) is 5.77. The number of carbonyl (C=O) groups is 2. The number of hydrogen-bond donors (Lipinski definition) is 2. The van der Waals surface area contributed by atoms with Crippen molar-refractivity contribution in [2.45, 2.75) is 65.2 Å². The molecular formula is C22H30N2O5S2. The second kappa shape index (κ2) is 10.8. The zero-order chi connectivity index (χ0) is 22.5. The van der Waals surface area contributed by atoms with Crippen LogP contribution in [0.5, 0.6) is 0 Å². The lowest BCUT2D eigenvalue weighted by atomic mass is 9.79. The number of fused-ring (bicyclic) bond motifs is 1. The molecule has 1 aromatic heterocycles. The average molecular weight is 467 g/mol. The monoisotopic (exact) mass is 466 g/mol. The molecule has 7 nitrogen and oxygen atoms in total. The predicted molar refractivity (Wildman–Crippen MR) is 122 cm³/mol. The first-order chi connectivity index (χ1) is 14.9. The van der Waals surface area contributed by atoms with Crippen LogP contribution in [0, 0.1) is 11.8 Å². The summed E-state index contributed by atoms with van der Waals surface area (Å²) in [4.78, 5) is 32.9. The van der Waals surface area contributed by atoms with Crippen LogP contribution in [0.4, 0.5) is 0 Å². The Hall–Kier alpha value is -1.68. The highest BCUT2D eigenvalue weighted by molar-refractivity contribution is 8.06. The lowest BCUT2D eigenvalue weighted by Crippen LogP contribution is -2.63. The largest absolute Gasteiger partial charge is 0.461 e. The third-order valence-corrected chi connectivity index (χ3v) is 7.70. The van der Waals surface area contributed by atoms with Crippen molar-refractivity contribution in [2.75, 3.05) is 6.61 Å². The van der Waals surface area contributed by atoms with Crippen LogP contribution in [0.1, 0.15) is 57.0 Å². The first kappa shape index (κ1) is 24.0. The summed E-state index contributed by atoms with van der Waals surface area (Å²) in [5.74, 6) is -1.30. The van der Waals surface area contributed by atoms with E-state index in [0.29, 0.717) is 18.0 Å². The molecule has 1 fully saturated rings. The Morgan fingerprint density at radius 2 is 2.19 bits per heavy atom. The maximum Gasteiger partial charge on any atom is 0.355 e. The van der Waals surface area contributed by atoms with Gasteiger partial charge in [0.2, 0.25) is 5.91 Å². The second-order valence-corrected chi connectivity index (χ2v) is 9.74. The highest BCUT2D eigenvalue weighted by Crippen LogP contribution is 2.51. The molecule has 4 atom stereocenters. The number of esters is 1. The molecule has 31 heavy (non-hydrogen) atoms. The summed E-state index contributed by atoms with van der Waals surface area (Å²) < 4.78 is 5.50. The van der Waals surface area contributed by atoms with E-state index in [2.05, 4.69) is 11.9 Å². The van der Waals surface area contributed by atoms with Crippen LogP contribution in [0.2, 0.25) is 0 Å². The quantitative estimate of drug-likeness (QED) is 0.292. The third kappa shape index (κ3) is 4.89. The first-order valence-corrected chi connectivity index (χ1v) is 12.5. The van der Waals surface area contributed by atoms with Crippen LogP contribution in [-0.2, 0) is 20.9 Å². The minimum atomic E-state index is -0.772. The summed E-state index contributed by atoms with van der Waals surface area (Å²) in [6.45, 7) is 5.91. The van der Waals surface area contributed by atoms with Crippen molar-refractivity contribution in [3.8, 4) is 0 Å². The molecule has 1 aromatic rings. The predicted octanol–water partition coefficient (Wildman–Crippen LogP) is 3.53. The van der Waals surface area contributed by atoms with E-state index in [1.165, 1.54) is 28.0 Å². The number of unbranched alkanes of at least 4 members (excludes halogenated alkanes) is 3. The van der Waals surface area contributed by atoms with Gasteiger partial charge in [0.25, 0.3) is 0 Å². The van der Waals surface area contributed by atoms with Gasteiger partial charge in [-0.25, -0.2) is 9.78 Å². The Morgan fingerprint density at radius 1 is 1.42 bits per heavy atom.